The van der Waals surface area contributed by atoms with Crippen LogP contribution in [0.25, 0.3) is 0 Å². The van der Waals surface area contributed by atoms with Gasteiger partial charge in [0.25, 0.3) is 0 Å². The maximum atomic E-state index is 2.28. The van der Waals surface area contributed by atoms with E-state index >= 15 is 0 Å². The molecule has 0 bridgehead atoms. The van der Waals surface area contributed by atoms with Crippen LogP contribution in [0.15, 0.2) is 23.8 Å². The van der Waals surface area contributed by atoms with E-state index < -0.39 is 0 Å². The van der Waals surface area contributed by atoms with Crippen LogP contribution in [0.5, 0.6) is 0 Å². The average molecular weight is 121 g/mol. The number of allylic oxidation sites excluding steroid dienone is 4. The van der Waals surface area contributed by atoms with Crippen molar-refractivity contribution >= 4 is 0 Å². The van der Waals surface area contributed by atoms with Crippen LogP contribution in [0.2, 0.25) is 0 Å². The third-order valence-corrected chi connectivity index (χ3v) is 1.72. The fourth-order valence-electron chi connectivity index (χ4n) is 0.940. The van der Waals surface area contributed by atoms with Crippen molar-refractivity contribution in [2.45, 2.75) is 26.7 Å². The molecule has 1 radical (unpaired) electrons. The van der Waals surface area contributed by atoms with E-state index in [9.17, 15) is 0 Å². The van der Waals surface area contributed by atoms with Crippen molar-refractivity contribution in [2.24, 2.45) is 0 Å². The van der Waals surface area contributed by atoms with Gasteiger partial charge in [-0.25, -0.2) is 0 Å². The number of hydrogen-bond acceptors (Lipinski definition) is 0. The van der Waals surface area contributed by atoms with E-state index in [4.69, 9.17) is 0 Å². The van der Waals surface area contributed by atoms with Crippen LogP contribution in [-0.4, -0.2) is 0 Å². The molecule has 1 aliphatic rings. The van der Waals surface area contributed by atoms with E-state index in [2.05, 4.69) is 32.1 Å². The summed E-state index contributed by atoms with van der Waals surface area (Å²) >= 11 is 0. The molecule has 0 atom stereocenters. The molecule has 0 aliphatic heterocycles. The molecule has 0 saturated heterocycles. The first-order valence-corrected chi connectivity index (χ1v) is 3.52. The molecular weight excluding hydrogens is 108 g/mol. The van der Waals surface area contributed by atoms with Gasteiger partial charge in [0.1, 0.15) is 0 Å². The average Bonchev–Trinajstić information content (AvgIpc) is 1.90. The van der Waals surface area contributed by atoms with E-state index in [1.165, 1.54) is 18.4 Å². The van der Waals surface area contributed by atoms with E-state index in [1.54, 1.807) is 5.92 Å². The van der Waals surface area contributed by atoms with Gasteiger partial charge in [-0.15, -0.1) is 0 Å². The lowest BCUT2D eigenvalue weighted by atomic mass is 9.95. The molecule has 0 aromatic heterocycles. The standard InChI is InChI=1S/C9H13/c1-3-9-6-4-8(2)5-7-9/h4-6H,3,7H2,1-2H3. The summed E-state index contributed by atoms with van der Waals surface area (Å²) in [5.41, 5.74) is 1.40. The Morgan fingerprint density at radius 3 is 2.67 bits per heavy atom. The quantitative estimate of drug-likeness (QED) is 0.500. The monoisotopic (exact) mass is 121 g/mol. The Labute approximate surface area is 57.3 Å². The molecule has 1 aliphatic carbocycles. The second-order valence-corrected chi connectivity index (χ2v) is 2.50. The van der Waals surface area contributed by atoms with E-state index in [-0.39, 0.29) is 0 Å². The molecular formula is C9H13. The Balaban J connectivity index is 2.48. The zero-order valence-corrected chi connectivity index (χ0v) is 6.15. The van der Waals surface area contributed by atoms with Gasteiger partial charge in [0.05, 0.1) is 0 Å². The van der Waals surface area contributed by atoms with Gasteiger partial charge in [-0.1, -0.05) is 30.7 Å². The highest BCUT2D eigenvalue weighted by molar-refractivity contribution is 5.29. The van der Waals surface area contributed by atoms with Crippen molar-refractivity contribution in [1.82, 2.24) is 0 Å². The molecule has 0 aromatic rings. The number of hydrogen-bond donors (Lipinski definition) is 0. The van der Waals surface area contributed by atoms with Crippen molar-refractivity contribution < 1.29 is 0 Å². The van der Waals surface area contributed by atoms with Crippen LogP contribution in [0.4, 0.5) is 0 Å². The van der Waals surface area contributed by atoms with Gasteiger partial charge in [-0.3, -0.25) is 0 Å². The second-order valence-electron chi connectivity index (χ2n) is 2.50. The molecule has 0 spiro atoms. The summed E-state index contributed by atoms with van der Waals surface area (Å²) in [7, 11) is 0. The van der Waals surface area contributed by atoms with Gasteiger partial charge < -0.3 is 0 Å². The second kappa shape index (κ2) is 2.86. The fourth-order valence-corrected chi connectivity index (χ4v) is 0.940. The Bertz CT molecular complexity index is 140. The third-order valence-electron chi connectivity index (χ3n) is 1.72. The molecule has 49 valence electrons. The Kier molecular flexibility index (Phi) is 2.10. The molecule has 0 heterocycles. The topological polar surface area (TPSA) is 0 Å². The van der Waals surface area contributed by atoms with Crippen LogP contribution >= 0.6 is 0 Å². The molecule has 0 unspecified atom stereocenters. The largest absolute Gasteiger partial charge is 0.0807 e. The van der Waals surface area contributed by atoms with Gasteiger partial charge in [0, 0.05) is 5.92 Å². The Hall–Kier alpha value is -0.520. The predicted octanol–water partition coefficient (Wildman–Crippen LogP) is 2.88. The maximum absolute atomic E-state index is 2.28. The lowest BCUT2D eigenvalue weighted by molar-refractivity contribution is 0.902. The molecule has 0 heteroatoms. The van der Waals surface area contributed by atoms with Crippen LogP contribution in [-0.2, 0) is 0 Å². The summed E-state index contributed by atoms with van der Waals surface area (Å²) in [6.07, 6.45) is 9.05. The summed E-state index contributed by atoms with van der Waals surface area (Å²) < 4.78 is 0. The minimum Gasteiger partial charge on any atom is -0.0807 e. The van der Waals surface area contributed by atoms with E-state index in [1.807, 2.05) is 0 Å². The smallest absolute Gasteiger partial charge is 0.00109 e. The highest BCUT2D eigenvalue weighted by atomic mass is 14.1. The zero-order valence-electron chi connectivity index (χ0n) is 6.15. The summed E-state index contributed by atoms with van der Waals surface area (Å²) in [6.45, 7) is 4.34. The molecule has 0 N–H and O–H groups in total. The highest BCUT2D eigenvalue weighted by Crippen LogP contribution is 2.19. The van der Waals surface area contributed by atoms with Crippen LogP contribution < -0.4 is 0 Å². The van der Waals surface area contributed by atoms with Gasteiger partial charge in [0.15, 0.2) is 0 Å². The Morgan fingerprint density at radius 1 is 1.44 bits per heavy atom. The van der Waals surface area contributed by atoms with Crippen molar-refractivity contribution in [3.05, 3.63) is 29.7 Å². The summed E-state index contributed by atoms with van der Waals surface area (Å²) in [5, 5.41) is 0. The van der Waals surface area contributed by atoms with Gasteiger partial charge in [-0.2, -0.15) is 0 Å². The lowest BCUT2D eigenvalue weighted by Crippen LogP contribution is -1.93. The molecule has 0 amide bonds. The first kappa shape index (κ1) is 6.60. The van der Waals surface area contributed by atoms with E-state index in [0.29, 0.717) is 0 Å². The molecule has 0 fully saturated rings. The van der Waals surface area contributed by atoms with Crippen LogP contribution in [0.1, 0.15) is 26.7 Å². The van der Waals surface area contributed by atoms with Gasteiger partial charge >= 0.3 is 0 Å². The fraction of sp³-hybridized carbons (Fsp3) is 0.444. The van der Waals surface area contributed by atoms with Gasteiger partial charge in [-0.05, 0) is 19.8 Å². The van der Waals surface area contributed by atoms with E-state index in [0.717, 1.165) is 0 Å². The summed E-state index contributed by atoms with van der Waals surface area (Å²) in [4.78, 5) is 0. The number of rotatable bonds is 1. The van der Waals surface area contributed by atoms with Crippen molar-refractivity contribution in [2.75, 3.05) is 0 Å². The highest BCUT2D eigenvalue weighted by Gasteiger charge is 2.03. The Morgan fingerprint density at radius 2 is 2.22 bits per heavy atom. The molecule has 1 rings (SSSR count). The van der Waals surface area contributed by atoms with Crippen LogP contribution in [0, 0.1) is 5.92 Å². The summed E-state index contributed by atoms with van der Waals surface area (Å²) in [6, 6.07) is 0. The molecule has 0 nitrogen and oxygen atoms in total. The lowest BCUT2D eigenvalue weighted by Gasteiger charge is -2.10. The van der Waals surface area contributed by atoms with Crippen molar-refractivity contribution in [3.63, 3.8) is 0 Å². The van der Waals surface area contributed by atoms with Gasteiger partial charge in [0.2, 0.25) is 0 Å². The first-order valence-electron chi connectivity index (χ1n) is 3.52. The SMILES string of the molecule is CC[C]1C=CC(C)=CC1. The minimum atomic E-state index is 1.17. The molecule has 0 aromatic carbocycles. The summed E-state index contributed by atoms with van der Waals surface area (Å²) in [5.74, 6) is 1.54. The van der Waals surface area contributed by atoms with Crippen molar-refractivity contribution in [3.8, 4) is 0 Å². The van der Waals surface area contributed by atoms with Crippen molar-refractivity contribution in [1.29, 1.82) is 0 Å². The minimum absolute atomic E-state index is 1.17. The molecule has 0 saturated carbocycles. The predicted molar refractivity (Wildman–Crippen MR) is 41.0 cm³/mol. The molecule has 9 heavy (non-hydrogen) atoms. The first-order chi connectivity index (χ1) is 4.33. The zero-order chi connectivity index (χ0) is 6.69. The maximum Gasteiger partial charge on any atom is 0.00109 e. The van der Waals surface area contributed by atoms with Crippen LogP contribution in [0.3, 0.4) is 0 Å². The third kappa shape index (κ3) is 1.70. The normalized spacial score (nSPS) is 20.0.